The fourth-order valence-electron chi connectivity index (χ4n) is 1.12. The van der Waals surface area contributed by atoms with Crippen molar-refractivity contribution < 1.29 is 19.1 Å². The van der Waals surface area contributed by atoms with Crippen molar-refractivity contribution in [1.29, 1.82) is 0 Å². The van der Waals surface area contributed by atoms with Crippen molar-refractivity contribution >= 4 is 11.9 Å². The number of carbonyl (C=O) groups is 2. The molecule has 14 heavy (non-hydrogen) atoms. The summed E-state index contributed by atoms with van der Waals surface area (Å²) in [5.41, 5.74) is 0.299. The predicted octanol–water partition coefficient (Wildman–Crippen LogP) is 1.26. The summed E-state index contributed by atoms with van der Waals surface area (Å²) >= 11 is 0. The highest BCUT2D eigenvalue weighted by Crippen LogP contribution is 2.28. The Labute approximate surface area is 82.9 Å². The Morgan fingerprint density at radius 1 is 1.50 bits per heavy atom. The quantitative estimate of drug-likeness (QED) is 0.495. The van der Waals surface area contributed by atoms with Crippen LogP contribution in [0.5, 0.6) is 0 Å². The number of cyclic esters (lactones) is 1. The number of esters is 2. The largest absolute Gasteiger partial charge is 0.425 e. The van der Waals surface area contributed by atoms with Crippen molar-refractivity contribution in [3.63, 3.8) is 0 Å². The fourth-order valence-corrected chi connectivity index (χ4v) is 1.12. The molecule has 0 spiro atoms. The van der Waals surface area contributed by atoms with Crippen LogP contribution in [0.25, 0.3) is 0 Å². The minimum Gasteiger partial charge on any atom is -0.425 e. The van der Waals surface area contributed by atoms with Gasteiger partial charge >= 0.3 is 11.9 Å². The molecule has 4 heteroatoms. The van der Waals surface area contributed by atoms with E-state index < -0.39 is 12.3 Å². The summed E-state index contributed by atoms with van der Waals surface area (Å²) in [6, 6.07) is 0. The van der Waals surface area contributed by atoms with E-state index in [2.05, 4.69) is 6.58 Å². The molecule has 1 aliphatic rings. The van der Waals surface area contributed by atoms with Gasteiger partial charge in [0.2, 0.25) is 0 Å². The Bertz CT molecular complexity index is 282. The van der Waals surface area contributed by atoms with Crippen molar-refractivity contribution in [3.05, 3.63) is 12.2 Å². The first-order chi connectivity index (χ1) is 6.43. The Kier molecular flexibility index (Phi) is 2.93. The van der Waals surface area contributed by atoms with Crippen molar-refractivity contribution in [3.8, 4) is 0 Å². The summed E-state index contributed by atoms with van der Waals surface area (Å²) in [6.45, 7) is 8.56. The van der Waals surface area contributed by atoms with Gasteiger partial charge in [0.15, 0.2) is 0 Å². The lowest BCUT2D eigenvalue weighted by Crippen LogP contribution is -2.23. The molecule has 1 fully saturated rings. The first-order valence-electron chi connectivity index (χ1n) is 4.50. The van der Waals surface area contributed by atoms with Crippen molar-refractivity contribution in [2.75, 3.05) is 0 Å². The molecule has 78 valence electrons. The van der Waals surface area contributed by atoms with E-state index in [1.54, 1.807) is 13.8 Å². The van der Waals surface area contributed by atoms with E-state index in [-0.39, 0.29) is 17.8 Å². The Hall–Kier alpha value is -1.32. The van der Waals surface area contributed by atoms with E-state index in [9.17, 15) is 9.59 Å². The maximum Gasteiger partial charge on any atom is 0.336 e. The molecule has 4 nitrogen and oxygen atoms in total. The molecule has 0 aromatic carbocycles. The number of carbonyl (C=O) groups excluding carboxylic acids is 2. The Morgan fingerprint density at radius 3 is 2.43 bits per heavy atom. The fraction of sp³-hybridized carbons (Fsp3) is 0.600. The molecule has 1 saturated heterocycles. The molecule has 0 saturated carbocycles. The average molecular weight is 198 g/mol. The molecule has 0 bridgehead atoms. The minimum absolute atomic E-state index is 0.106. The minimum atomic E-state index is -0.762. The molecule has 1 heterocycles. The highest BCUT2D eigenvalue weighted by molar-refractivity contribution is 5.87. The molecule has 1 aliphatic heterocycles. The predicted molar refractivity (Wildman–Crippen MR) is 49.1 cm³/mol. The van der Waals surface area contributed by atoms with Gasteiger partial charge in [-0.05, 0) is 6.92 Å². The second-order valence-electron chi connectivity index (χ2n) is 3.64. The third-order valence-corrected chi connectivity index (χ3v) is 2.39. The van der Waals surface area contributed by atoms with Crippen molar-refractivity contribution in [2.45, 2.75) is 27.1 Å². The zero-order valence-electron chi connectivity index (χ0n) is 8.57. The van der Waals surface area contributed by atoms with Gasteiger partial charge in [-0.1, -0.05) is 20.4 Å². The lowest BCUT2D eigenvalue weighted by Gasteiger charge is -2.15. The summed E-state index contributed by atoms with van der Waals surface area (Å²) in [6.07, 6.45) is -0.762. The zero-order chi connectivity index (χ0) is 10.9. The summed E-state index contributed by atoms with van der Waals surface area (Å²) in [7, 11) is 0. The normalized spacial score (nSPS) is 31.1. The monoisotopic (exact) mass is 198 g/mol. The van der Waals surface area contributed by atoms with Crippen LogP contribution in [0.4, 0.5) is 0 Å². The van der Waals surface area contributed by atoms with E-state index in [1.807, 2.05) is 6.92 Å². The van der Waals surface area contributed by atoms with Gasteiger partial charge in [-0.15, -0.1) is 0 Å². The van der Waals surface area contributed by atoms with Gasteiger partial charge in [0.05, 0.1) is 5.92 Å². The first-order valence-corrected chi connectivity index (χ1v) is 4.50. The average Bonchev–Trinajstić information content (AvgIpc) is 2.33. The Balaban J connectivity index is 2.60. The van der Waals surface area contributed by atoms with Gasteiger partial charge < -0.3 is 9.47 Å². The summed E-state index contributed by atoms with van der Waals surface area (Å²) in [4.78, 5) is 22.3. The van der Waals surface area contributed by atoms with Gasteiger partial charge in [-0.3, -0.25) is 4.79 Å². The maximum atomic E-state index is 11.1. The van der Waals surface area contributed by atoms with Gasteiger partial charge in [-0.25, -0.2) is 4.79 Å². The number of ether oxygens (including phenoxy) is 2. The topological polar surface area (TPSA) is 52.6 Å². The highest BCUT2D eigenvalue weighted by Gasteiger charge is 2.41. The van der Waals surface area contributed by atoms with Gasteiger partial charge in [0, 0.05) is 11.5 Å². The maximum absolute atomic E-state index is 11.1. The van der Waals surface area contributed by atoms with Crippen molar-refractivity contribution in [1.82, 2.24) is 0 Å². The number of hydrogen-bond acceptors (Lipinski definition) is 4. The number of rotatable bonds is 2. The lowest BCUT2D eigenvalue weighted by molar-refractivity contribution is -0.177. The zero-order valence-corrected chi connectivity index (χ0v) is 8.57. The third-order valence-electron chi connectivity index (χ3n) is 2.39. The van der Waals surface area contributed by atoms with Crippen LogP contribution in [0.3, 0.4) is 0 Å². The van der Waals surface area contributed by atoms with E-state index in [1.165, 1.54) is 0 Å². The molecule has 0 aromatic rings. The molecule has 0 N–H and O–H groups in total. The van der Waals surface area contributed by atoms with Gasteiger partial charge in [0.1, 0.15) is 0 Å². The second kappa shape index (κ2) is 3.82. The molecular formula is C10H14O4. The van der Waals surface area contributed by atoms with E-state index in [0.29, 0.717) is 5.57 Å². The van der Waals surface area contributed by atoms with Crippen LogP contribution < -0.4 is 0 Å². The van der Waals surface area contributed by atoms with Crippen LogP contribution in [0.15, 0.2) is 12.2 Å². The molecule has 0 amide bonds. The smallest absolute Gasteiger partial charge is 0.336 e. The Morgan fingerprint density at radius 2 is 2.07 bits per heavy atom. The van der Waals surface area contributed by atoms with Gasteiger partial charge in [0.25, 0.3) is 6.29 Å². The second-order valence-corrected chi connectivity index (χ2v) is 3.64. The lowest BCUT2D eigenvalue weighted by atomic mass is 9.99. The van der Waals surface area contributed by atoms with Crippen LogP contribution >= 0.6 is 0 Å². The molecular weight excluding hydrogens is 184 g/mol. The molecule has 3 atom stereocenters. The molecule has 1 rings (SSSR count). The van der Waals surface area contributed by atoms with E-state index >= 15 is 0 Å². The van der Waals surface area contributed by atoms with Crippen molar-refractivity contribution in [2.24, 2.45) is 11.8 Å². The highest BCUT2D eigenvalue weighted by atomic mass is 16.7. The van der Waals surface area contributed by atoms with Crippen LogP contribution in [-0.2, 0) is 19.1 Å². The van der Waals surface area contributed by atoms with E-state index in [4.69, 9.17) is 9.47 Å². The molecule has 0 radical (unpaired) electrons. The SMILES string of the molecule is C=C(C)C(=O)OC1OC(=O)C(C)C1C. The standard InChI is InChI=1S/C10H14O4/c1-5(2)8(11)13-10-7(4)6(3)9(12)14-10/h6-7,10H,1H2,2-4H3. The van der Waals surface area contributed by atoms with Gasteiger partial charge in [-0.2, -0.15) is 0 Å². The molecule has 0 aromatic heterocycles. The van der Waals surface area contributed by atoms with Crippen LogP contribution in [0.1, 0.15) is 20.8 Å². The van der Waals surface area contributed by atoms with Crippen LogP contribution in [0, 0.1) is 11.8 Å². The molecule has 3 unspecified atom stereocenters. The summed E-state index contributed by atoms with van der Waals surface area (Å²) < 4.78 is 9.83. The number of hydrogen-bond donors (Lipinski definition) is 0. The van der Waals surface area contributed by atoms with Crippen LogP contribution in [-0.4, -0.2) is 18.2 Å². The molecule has 0 aliphatic carbocycles. The van der Waals surface area contributed by atoms with E-state index in [0.717, 1.165) is 0 Å². The first kappa shape index (κ1) is 10.8. The summed E-state index contributed by atoms with van der Waals surface area (Å²) in [5, 5.41) is 0. The summed E-state index contributed by atoms with van der Waals surface area (Å²) in [5.74, 6) is -1.18. The van der Waals surface area contributed by atoms with Crippen LogP contribution in [0.2, 0.25) is 0 Å². The third kappa shape index (κ3) is 1.95.